The zero-order chi connectivity index (χ0) is 43.3. The second-order valence-electron chi connectivity index (χ2n) is 17.9. The zero-order valence-corrected chi connectivity index (χ0v) is 36.1. The second-order valence-corrected chi connectivity index (χ2v) is 17.9. The van der Waals surface area contributed by atoms with Crippen molar-refractivity contribution in [1.29, 1.82) is 0 Å². The lowest BCUT2D eigenvalue weighted by Crippen LogP contribution is -2.40. The highest BCUT2D eigenvalue weighted by Gasteiger charge is 2.53. The van der Waals surface area contributed by atoms with Crippen LogP contribution < -0.4 is 0 Å². The van der Waals surface area contributed by atoms with Crippen molar-refractivity contribution in [2.45, 2.75) is 24.7 Å². The number of fused-ring (bicyclic) bond motifs is 12. The van der Waals surface area contributed by atoms with Gasteiger partial charge in [0.05, 0.1) is 16.4 Å². The van der Waals surface area contributed by atoms with Gasteiger partial charge in [-0.05, 0) is 104 Å². The summed E-state index contributed by atoms with van der Waals surface area (Å²) in [4.78, 5) is 15.5. The monoisotopic (exact) mass is 830 g/mol. The van der Waals surface area contributed by atoms with Crippen LogP contribution in [0.15, 0.2) is 218 Å². The number of benzene rings is 9. The molecular weight excluding hydrogens is 789 g/mol. The fourth-order valence-electron chi connectivity index (χ4n) is 11.2. The number of rotatable bonds is 5. The van der Waals surface area contributed by atoms with E-state index in [1.165, 1.54) is 66.3 Å². The van der Waals surface area contributed by atoms with Crippen molar-refractivity contribution in [2.24, 2.45) is 0 Å². The van der Waals surface area contributed by atoms with Crippen LogP contribution in [0.2, 0.25) is 0 Å². The van der Waals surface area contributed by atoms with Crippen LogP contribution in [0, 0.1) is 0 Å². The summed E-state index contributed by atoms with van der Waals surface area (Å²) in [6.07, 6.45) is 0. The third-order valence-electron chi connectivity index (χ3n) is 14.1. The third kappa shape index (κ3) is 5.47. The Hall–Kier alpha value is -8.21. The largest absolute Gasteiger partial charge is 0.309 e. The molecule has 4 nitrogen and oxygen atoms in total. The van der Waals surface area contributed by atoms with Crippen LogP contribution in [-0.2, 0) is 10.8 Å². The minimum absolute atomic E-state index is 0.154. The first-order valence-corrected chi connectivity index (χ1v) is 22.4. The predicted octanol–water partition coefficient (Wildman–Crippen LogP) is 14.6. The Morgan fingerprint density at radius 1 is 0.323 bits per heavy atom. The molecular formula is C61H42N4. The van der Waals surface area contributed by atoms with Crippen LogP contribution >= 0.6 is 0 Å². The minimum Gasteiger partial charge on any atom is -0.309 e. The summed E-state index contributed by atoms with van der Waals surface area (Å²) in [5.74, 6) is 1.89. The van der Waals surface area contributed by atoms with E-state index in [9.17, 15) is 0 Å². The molecule has 0 amide bonds. The van der Waals surface area contributed by atoms with Crippen LogP contribution in [-0.4, -0.2) is 19.5 Å². The number of nitrogens with zero attached hydrogens (tertiary/aromatic N) is 4. The van der Waals surface area contributed by atoms with Gasteiger partial charge >= 0.3 is 0 Å². The van der Waals surface area contributed by atoms with Gasteiger partial charge in [-0.15, -0.1) is 0 Å². The molecule has 0 fully saturated rings. The van der Waals surface area contributed by atoms with Crippen LogP contribution in [0.4, 0.5) is 0 Å². The molecule has 0 atom stereocenters. The molecule has 0 N–H and O–H groups in total. The Balaban J connectivity index is 0.944. The van der Waals surface area contributed by atoms with Gasteiger partial charge in [-0.3, -0.25) is 0 Å². The van der Waals surface area contributed by atoms with E-state index in [-0.39, 0.29) is 5.41 Å². The molecule has 0 unspecified atom stereocenters. The van der Waals surface area contributed by atoms with Gasteiger partial charge in [0.25, 0.3) is 0 Å². The predicted molar refractivity (Wildman–Crippen MR) is 265 cm³/mol. The summed E-state index contributed by atoms with van der Waals surface area (Å²) in [6.45, 7) is 4.75. The number of para-hydroxylation sites is 2. The highest BCUT2D eigenvalue weighted by Crippen LogP contribution is 2.62. The highest BCUT2D eigenvalue weighted by molar-refractivity contribution is 6.09. The second kappa shape index (κ2) is 14.2. The van der Waals surface area contributed by atoms with E-state index >= 15 is 0 Å². The van der Waals surface area contributed by atoms with Gasteiger partial charge in [0.2, 0.25) is 0 Å². The minimum atomic E-state index is -0.465. The smallest absolute Gasteiger partial charge is 0.164 e. The van der Waals surface area contributed by atoms with Crippen molar-refractivity contribution in [3.8, 4) is 62.1 Å². The maximum atomic E-state index is 5.21. The summed E-state index contributed by atoms with van der Waals surface area (Å²) in [5.41, 5.74) is 18.5. The van der Waals surface area contributed by atoms with Gasteiger partial charge in [0.1, 0.15) is 0 Å². The maximum Gasteiger partial charge on any atom is 0.164 e. The average molecular weight is 831 g/mol. The van der Waals surface area contributed by atoms with Gasteiger partial charge in [0, 0.05) is 38.6 Å². The van der Waals surface area contributed by atoms with E-state index in [2.05, 4.69) is 219 Å². The molecule has 2 aromatic heterocycles. The Labute approximate surface area is 378 Å². The van der Waals surface area contributed by atoms with Crippen molar-refractivity contribution in [1.82, 2.24) is 19.5 Å². The molecule has 0 bridgehead atoms. The number of hydrogen-bond acceptors (Lipinski definition) is 3. The third-order valence-corrected chi connectivity index (χ3v) is 14.1. The van der Waals surface area contributed by atoms with Crippen LogP contribution in [0.5, 0.6) is 0 Å². The van der Waals surface area contributed by atoms with Crippen molar-refractivity contribution in [3.05, 3.63) is 252 Å². The topological polar surface area (TPSA) is 43.6 Å². The molecule has 9 aromatic carbocycles. The maximum absolute atomic E-state index is 5.21. The molecule has 0 saturated heterocycles. The van der Waals surface area contributed by atoms with Gasteiger partial charge in [-0.1, -0.05) is 184 Å². The number of hydrogen-bond donors (Lipinski definition) is 0. The lowest BCUT2D eigenvalue weighted by molar-refractivity contribution is 0.563. The summed E-state index contributed by atoms with van der Waals surface area (Å²) >= 11 is 0. The molecule has 0 saturated carbocycles. The number of aromatic nitrogens is 4. The Bertz CT molecular complexity index is 3590. The summed E-state index contributed by atoms with van der Waals surface area (Å²) < 4.78 is 2.33. The van der Waals surface area contributed by atoms with Crippen molar-refractivity contribution >= 4 is 21.8 Å². The zero-order valence-electron chi connectivity index (χ0n) is 36.1. The molecule has 13 rings (SSSR count). The normalized spacial score (nSPS) is 13.9. The Kier molecular flexibility index (Phi) is 8.13. The van der Waals surface area contributed by atoms with E-state index in [0.29, 0.717) is 17.5 Å². The summed E-state index contributed by atoms with van der Waals surface area (Å²) in [5, 5.41) is 2.48. The molecule has 4 heteroatoms. The Morgan fingerprint density at radius 3 is 1.42 bits per heavy atom. The summed E-state index contributed by atoms with van der Waals surface area (Å²) in [7, 11) is 0. The van der Waals surface area contributed by atoms with E-state index in [1.54, 1.807) is 0 Å². The average Bonchev–Trinajstić information content (AvgIpc) is 3.86. The van der Waals surface area contributed by atoms with Crippen LogP contribution in [0.1, 0.15) is 47.2 Å². The molecule has 11 aromatic rings. The van der Waals surface area contributed by atoms with E-state index in [4.69, 9.17) is 15.0 Å². The Morgan fingerprint density at radius 2 is 0.769 bits per heavy atom. The van der Waals surface area contributed by atoms with Gasteiger partial charge in [-0.25, -0.2) is 15.0 Å². The van der Waals surface area contributed by atoms with E-state index in [1.807, 2.05) is 18.2 Å². The van der Waals surface area contributed by atoms with E-state index in [0.717, 1.165) is 33.5 Å². The lowest BCUT2D eigenvalue weighted by Gasteiger charge is -2.46. The standard InChI is InChI=1S/C61H42N4/c1-60(2)50-25-10-12-27-52(50)61(53-28-13-11-26-51(53)60)49-24-9-6-21-45(49)46-36-33-42(38-54(46)61)41-19-16-20-43(37-41)59-63-57(39-17-4-3-5-18-39)62-58(64-59)40-31-34-44(35-32-40)65-55-29-14-7-22-47(55)48-23-8-15-30-56(48)65/h3-38H,1-2H3. The molecule has 65 heavy (non-hydrogen) atoms. The molecule has 2 heterocycles. The first-order valence-electron chi connectivity index (χ1n) is 22.4. The van der Waals surface area contributed by atoms with Gasteiger partial charge in [0.15, 0.2) is 17.5 Å². The highest BCUT2D eigenvalue weighted by atomic mass is 15.0. The van der Waals surface area contributed by atoms with Crippen molar-refractivity contribution in [3.63, 3.8) is 0 Å². The molecule has 306 valence electrons. The molecule has 2 aliphatic rings. The first-order chi connectivity index (χ1) is 32.0. The van der Waals surface area contributed by atoms with E-state index < -0.39 is 5.41 Å². The van der Waals surface area contributed by atoms with Crippen molar-refractivity contribution < 1.29 is 0 Å². The van der Waals surface area contributed by atoms with Gasteiger partial charge < -0.3 is 4.57 Å². The molecule has 0 aliphatic heterocycles. The quantitative estimate of drug-likeness (QED) is 0.174. The lowest BCUT2D eigenvalue weighted by atomic mass is 9.55. The summed E-state index contributed by atoms with van der Waals surface area (Å²) in [6, 6.07) is 79.0. The van der Waals surface area contributed by atoms with Crippen LogP contribution in [0.3, 0.4) is 0 Å². The fraction of sp³-hybridized carbons (Fsp3) is 0.0656. The first kappa shape index (κ1) is 37.4. The van der Waals surface area contributed by atoms with Crippen LogP contribution in [0.25, 0.3) is 83.9 Å². The van der Waals surface area contributed by atoms with Gasteiger partial charge in [-0.2, -0.15) is 0 Å². The molecule has 1 spiro atoms. The van der Waals surface area contributed by atoms with Crippen molar-refractivity contribution in [2.75, 3.05) is 0 Å². The SMILES string of the molecule is CC1(C)c2ccccc2C2(c3ccccc3-c3ccc(-c4cccc(-c5nc(-c6ccccc6)nc(-c6ccc(-n7c8ccccc8c8ccccc87)cc6)n5)c4)cc32)c2ccccc21. The molecule has 0 radical (unpaired) electrons. The molecule has 2 aliphatic carbocycles. The fourth-order valence-corrected chi connectivity index (χ4v) is 11.2.